The minimum atomic E-state index is -0.622. The lowest BCUT2D eigenvalue weighted by molar-refractivity contribution is -0.137. The van der Waals surface area contributed by atoms with Crippen molar-refractivity contribution < 1.29 is 9.18 Å². The van der Waals surface area contributed by atoms with Crippen LogP contribution in [0.2, 0.25) is 0 Å². The minimum absolute atomic E-state index is 0.0765. The molecule has 3 nitrogen and oxygen atoms in total. The number of benzene rings is 1. The second-order valence-corrected chi connectivity index (χ2v) is 7.17. The van der Waals surface area contributed by atoms with E-state index in [1.165, 1.54) is 6.07 Å². The average Bonchev–Trinajstić information content (AvgIpc) is 3.23. The third kappa shape index (κ3) is 2.35. The van der Waals surface area contributed by atoms with Gasteiger partial charge in [-0.25, -0.2) is 4.39 Å². The fourth-order valence-electron chi connectivity index (χ4n) is 3.42. The molecule has 1 unspecified atom stereocenters. The summed E-state index contributed by atoms with van der Waals surface area (Å²) in [6.45, 7) is 5.53. The third-order valence-corrected chi connectivity index (χ3v) is 5.15. The number of piperidine rings is 1. The molecule has 21 heavy (non-hydrogen) atoms. The number of hydrogen-bond donors (Lipinski definition) is 1. The van der Waals surface area contributed by atoms with E-state index in [2.05, 4.69) is 13.8 Å². The summed E-state index contributed by atoms with van der Waals surface area (Å²) in [5.74, 6) is -0.191. The maximum Gasteiger partial charge on any atom is 0.233 e. The van der Waals surface area contributed by atoms with Gasteiger partial charge >= 0.3 is 0 Å². The molecule has 1 aliphatic carbocycles. The van der Waals surface area contributed by atoms with Crippen LogP contribution in [0.15, 0.2) is 24.3 Å². The van der Waals surface area contributed by atoms with E-state index < -0.39 is 5.41 Å². The van der Waals surface area contributed by atoms with Crippen molar-refractivity contribution in [1.82, 2.24) is 4.90 Å². The third-order valence-electron chi connectivity index (χ3n) is 5.15. The molecule has 1 atom stereocenters. The van der Waals surface area contributed by atoms with Gasteiger partial charge < -0.3 is 10.6 Å². The smallest absolute Gasteiger partial charge is 0.233 e. The van der Waals surface area contributed by atoms with Crippen molar-refractivity contribution in [3.8, 4) is 0 Å². The van der Waals surface area contributed by atoms with Gasteiger partial charge in [0.15, 0.2) is 0 Å². The van der Waals surface area contributed by atoms with Crippen LogP contribution in [-0.2, 0) is 10.2 Å². The number of carbonyl (C=O) groups is 1. The first-order valence-corrected chi connectivity index (χ1v) is 7.67. The van der Waals surface area contributed by atoms with Crippen LogP contribution >= 0.6 is 0 Å². The first kappa shape index (κ1) is 14.5. The molecule has 1 saturated heterocycles. The van der Waals surface area contributed by atoms with E-state index in [0.717, 1.165) is 19.3 Å². The van der Waals surface area contributed by atoms with Gasteiger partial charge in [0.1, 0.15) is 5.82 Å². The Balaban J connectivity index is 1.84. The molecule has 2 aliphatic rings. The standard InChI is InChI=1S/C17H23FN2O/c1-16(2)11-20(10-7-14(16)19)15(21)17(8-9-17)12-5-3-4-6-13(12)18/h3-6,14H,7-11,19H2,1-2H3. The number of rotatable bonds is 2. The molecule has 2 fully saturated rings. The van der Waals surface area contributed by atoms with E-state index in [1.54, 1.807) is 12.1 Å². The SMILES string of the molecule is CC1(C)CN(C(=O)C2(c3ccccc3F)CC2)CCC1N. The fraction of sp³-hybridized carbons (Fsp3) is 0.588. The quantitative estimate of drug-likeness (QED) is 0.909. The van der Waals surface area contributed by atoms with E-state index >= 15 is 0 Å². The minimum Gasteiger partial charge on any atom is -0.341 e. The number of amides is 1. The lowest BCUT2D eigenvalue weighted by Gasteiger charge is -2.43. The lowest BCUT2D eigenvalue weighted by Crippen LogP contribution is -2.55. The average molecular weight is 290 g/mol. The summed E-state index contributed by atoms with van der Waals surface area (Å²) in [6.07, 6.45) is 2.30. The summed E-state index contributed by atoms with van der Waals surface area (Å²) in [5.41, 5.74) is 5.99. The maximum absolute atomic E-state index is 14.1. The van der Waals surface area contributed by atoms with Crippen molar-refractivity contribution in [3.63, 3.8) is 0 Å². The van der Waals surface area contributed by atoms with Gasteiger partial charge in [0, 0.05) is 24.7 Å². The summed E-state index contributed by atoms with van der Waals surface area (Å²) < 4.78 is 14.1. The molecular weight excluding hydrogens is 267 g/mol. The first-order valence-electron chi connectivity index (χ1n) is 7.67. The van der Waals surface area contributed by atoms with Gasteiger partial charge in [0.25, 0.3) is 0 Å². The Morgan fingerprint density at radius 3 is 2.57 bits per heavy atom. The van der Waals surface area contributed by atoms with E-state index in [9.17, 15) is 9.18 Å². The van der Waals surface area contributed by atoms with E-state index in [4.69, 9.17) is 5.73 Å². The molecule has 1 aromatic carbocycles. The first-order chi connectivity index (χ1) is 9.87. The zero-order chi connectivity index (χ0) is 15.3. The molecule has 3 rings (SSSR count). The van der Waals surface area contributed by atoms with E-state index in [-0.39, 0.29) is 23.2 Å². The molecule has 0 spiro atoms. The van der Waals surface area contributed by atoms with Crippen molar-refractivity contribution in [3.05, 3.63) is 35.6 Å². The predicted molar refractivity (Wildman–Crippen MR) is 80.3 cm³/mol. The zero-order valence-corrected chi connectivity index (χ0v) is 12.7. The van der Waals surface area contributed by atoms with Crippen molar-refractivity contribution in [2.45, 2.75) is 44.6 Å². The second kappa shape index (κ2) is 4.80. The molecule has 114 valence electrons. The molecule has 1 saturated carbocycles. The largest absolute Gasteiger partial charge is 0.341 e. The second-order valence-electron chi connectivity index (χ2n) is 7.17. The normalized spacial score (nSPS) is 26.5. The number of likely N-dealkylation sites (tertiary alicyclic amines) is 1. The molecule has 0 aromatic heterocycles. The van der Waals surface area contributed by atoms with Crippen molar-refractivity contribution >= 4 is 5.91 Å². The monoisotopic (exact) mass is 290 g/mol. The molecule has 1 amide bonds. The van der Waals surface area contributed by atoms with Crippen LogP contribution in [-0.4, -0.2) is 29.9 Å². The van der Waals surface area contributed by atoms with Gasteiger partial charge in [-0.3, -0.25) is 4.79 Å². The Labute approximate surface area is 125 Å². The molecule has 1 aromatic rings. The summed E-state index contributed by atoms with van der Waals surface area (Å²) in [7, 11) is 0. The topological polar surface area (TPSA) is 46.3 Å². The molecule has 1 heterocycles. The summed E-state index contributed by atoms with van der Waals surface area (Å²) in [4.78, 5) is 14.8. The highest BCUT2D eigenvalue weighted by Crippen LogP contribution is 2.51. The highest BCUT2D eigenvalue weighted by molar-refractivity contribution is 5.91. The molecule has 0 radical (unpaired) electrons. The Hall–Kier alpha value is -1.42. The van der Waals surface area contributed by atoms with Crippen molar-refractivity contribution in [2.24, 2.45) is 11.1 Å². The van der Waals surface area contributed by atoms with Gasteiger partial charge in [-0.1, -0.05) is 32.0 Å². The van der Waals surface area contributed by atoms with Crippen molar-refractivity contribution in [2.75, 3.05) is 13.1 Å². The van der Waals surface area contributed by atoms with E-state index in [0.29, 0.717) is 18.7 Å². The molecule has 0 bridgehead atoms. The van der Waals surface area contributed by atoms with Crippen molar-refractivity contribution in [1.29, 1.82) is 0 Å². The van der Waals surface area contributed by atoms with Crippen LogP contribution in [0.25, 0.3) is 0 Å². The Kier molecular flexibility index (Phi) is 3.32. The number of halogens is 1. The van der Waals surface area contributed by atoms with Crippen LogP contribution in [0, 0.1) is 11.2 Å². The van der Waals surface area contributed by atoms with E-state index in [1.807, 2.05) is 11.0 Å². The van der Waals surface area contributed by atoms with Crippen LogP contribution < -0.4 is 5.73 Å². The molecule has 1 aliphatic heterocycles. The van der Waals surface area contributed by atoms with Gasteiger partial charge in [-0.15, -0.1) is 0 Å². The Bertz CT molecular complexity index is 566. The Morgan fingerprint density at radius 2 is 2.00 bits per heavy atom. The lowest BCUT2D eigenvalue weighted by atomic mass is 9.79. The summed E-state index contributed by atoms with van der Waals surface area (Å²) in [6, 6.07) is 6.79. The van der Waals surface area contributed by atoms with Crippen LogP contribution in [0.4, 0.5) is 4.39 Å². The highest BCUT2D eigenvalue weighted by atomic mass is 19.1. The highest BCUT2D eigenvalue weighted by Gasteiger charge is 2.55. The van der Waals surface area contributed by atoms with Gasteiger partial charge in [-0.05, 0) is 30.7 Å². The number of nitrogens with two attached hydrogens (primary N) is 1. The molecule has 2 N–H and O–H groups in total. The molecule has 4 heteroatoms. The fourth-order valence-corrected chi connectivity index (χ4v) is 3.42. The zero-order valence-electron chi connectivity index (χ0n) is 12.7. The predicted octanol–water partition coefficient (Wildman–Crippen LogP) is 2.44. The number of carbonyl (C=O) groups excluding carboxylic acids is 1. The summed E-state index contributed by atoms with van der Waals surface area (Å²) >= 11 is 0. The van der Waals surface area contributed by atoms with Crippen LogP contribution in [0.3, 0.4) is 0 Å². The van der Waals surface area contributed by atoms with Crippen LogP contribution in [0.1, 0.15) is 38.7 Å². The Morgan fingerprint density at radius 1 is 1.33 bits per heavy atom. The van der Waals surface area contributed by atoms with Gasteiger partial charge in [-0.2, -0.15) is 0 Å². The van der Waals surface area contributed by atoms with Gasteiger partial charge in [0.2, 0.25) is 5.91 Å². The maximum atomic E-state index is 14.1. The number of hydrogen-bond acceptors (Lipinski definition) is 2. The summed E-state index contributed by atoms with van der Waals surface area (Å²) in [5, 5.41) is 0. The molecular formula is C17H23FN2O. The number of nitrogens with zero attached hydrogens (tertiary/aromatic N) is 1. The van der Waals surface area contributed by atoms with Gasteiger partial charge in [0.05, 0.1) is 5.41 Å². The van der Waals surface area contributed by atoms with Crippen LogP contribution in [0.5, 0.6) is 0 Å².